The molecule has 0 aromatic heterocycles. The summed E-state index contributed by atoms with van der Waals surface area (Å²) in [6.07, 6.45) is 3.03. The number of aryl methyl sites for hydroxylation is 1. The number of nitrogens with one attached hydrogen (secondary N) is 2. The van der Waals surface area contributed by atoms with Gasteiger partial charge in [0.05, 0.1) is 0 Å². The van der Waals surface area contributed by atoms with E-state index in [-0.39, 0.29) is 6.03 Å². The maximum atomic E-state index is 12.0. The molecule has 0 saturated heterocycles. The maximum Gasteiger partial charge on any atom is 0.314 e. The van der Waals surface area contributed by atoms with Gasteiger partial charge in [0.15, 0.2) is 0 Å². The normalized spacial score (nSPS) is 14.0. The number of anilines is 1. The number of rotatable bonds is 7. The molecule has 2 amide bonds. The Morgan fingerprint density at radius 3 is 2.68 bits per heavy atom. The highest BCUT2D eigenvalue weighted by Gasteiger charge is 2.22. The lowest BCUT2D eigenvalue weighted by Gasteiger charge is -2.27. The van der Waals surface area contributed by atoms with Gasteiger partial charge in [-0.05, 0) is 43.4 Å². The van der Waals surface area contributed by atoms with Crippen LogP contribution in [0.4, 0.5) is 10.5 Å². The van der Waals surface area contributed by atoms with E-state index >= 15 is 0 Å². The molecular weight excluding hydrogens is 310 g/mol. The summed E-state index contributed by atoms with van der Waals surface area (Å²) in [6.45, 7) is 4.54. The van der Waals surface area contributed by atoms with Crippen LogP contribution in [0.25, 0.3) is 0 Å². The fourth-order valence-corrected chi connectivity index (χ4v) is 3.37. The van der Waals surface area contributed by atoms with Gasteiger partial charge in [0, 0.05) is 31.4 Å². The van der Waals surface area contributed by atoms with E-state index in [1.807, 2.05) is 18.2 Å². The number of para-hydroxylation sites is 1. The van der Waals surface area contributed by atoms with Crippen LogP contribution in [-0.2, 0) is 12.8 Å². The second-order valence-corrected chi connectivity index (χ2v) is 6.65. The molecule has 132 valence electrons. The standard InChI is InChI=1S/C21H27N3O/c1-17(24-15-13-19-11-5-6-12-20(19)24)16-23-21(25)22-14-7-10-18-8-3-2-4-9-18/h2-6,8-9,11-12,17H,7,10,13-16H2,1H3,(H2,22,23,25). The number of amides is 2. The molecule has 2 aromatic carbocycles. The summed E-state index contributed by atoms with van der Waals surface area (Å²) >= 11 is 0. The van der Waals surface area contributed by atoms with Gasteiger partial charge < -0.3 is 15.5 Å². The summed E-state index contributed by atoms with van der Waals surface area (Å²) in [5.41, 5.74) is 4.02. The second kappa shape index (κ2) is 8.56. The molecule has 0 spiro atoms. The lowest BCUT2D eigenvalue weighted by Crippen LogP contribution is -2.45. The van der Waals surface area contributed by atoms with Gasteiger partial charge in [0.2, 0.25) is 0 Å². The minimum atomic E-state index is -0.0765. The van der Waals surface area contributed by atoms with Gasteiger partial charge in [-0.2, -0.15) is 0 Å². The van der Waals surface area contributed by atoms with Gasteiger partial charge in [-0.25, -0.2) is 4.79 Å². The van der Waals surface area contributed by atoms with Gasteiger partial charge in [0.1, 0.15) is 0 Å². The topological polar surface area (TPSA) is 44.4 Å². The monoisotopic (exact) mass is 337 g/mol. The average molecular weight is 337 g/mol. The van der Waals surface area contributed by atoms with E-state index in [0.29, 0.717) is 19.1 Å². The molecule has 1 aliphatic heterocycles. The molecule has 0 fully saturated rings. The van der Waals surface area contributed by atoms with Crippen LogP contribution in [0.5, 0.6) is 0 Å². The van der Waals surface area contributed by atoms with E-state index in [4.69, 9.17) is 0 Å². The third-order valence-electron chi connectivity index (χ3n) is 4.78. The van der Waals surface area contributed by atoms with Crippen molar-refractivity contribution in [2.45, 2.75) is 32.2 Å². The zero-order valence-electron chi connectivity index (χ0n) is 14.9. The molecule has 1 atom stereocenters. The SMILES string of the molecule is CC(CNC(=O)NCCCc1ccccc1)N1CCc2ccccc21. The molecule has 1 aliphatic rings. The molecule has 3 rings (SSSR count). The number of benzene rings is 2. The van der Waals surface area contributed by atoms with Crippen LogP contribution in [0, 0.1) is 0 Å². The number of fused-ring (bicyclic) bond motifs is 1. The Bertz CT molecular complexity index is 687. The predicted octanol–water partition coefficient (Wildman–Crippen LogP) is 3.37. The number of hydrogen-bond donors (Lipinski definition) is 2. The van der Waals surface area contributed by atoms with Crippen molar-refractivity contribution in [1.29, 1.82) is 0 Å². The van der Waals surface area contributed by atoms with Crippen molar-refractivity contribution in [2.24, 2.45) is 0 Å². The summed E-state index contributed by atoms with van der Waals surface area (Å²) in [7, 11) is 0. The number of carbonyl (C=O) groups excluding carboxylic acids is 1. The summed E-state index contributed by atoms with van der Waals surface area (Å²) < 4.78 is 0. The van der Waals surface area contributed by atoms with Crippen molar-refractivity contribution in [3.8, 4) is 0 Å². The Morgan fingerprint density at radius 1 is 1.08 bits per heavy atom. The molecule has 1 heterocycles. The first kappa shape index (κ1) is 17.3. The second-order valence-electron chi connectivity index (χ2n) is 6.65. The van der Waals surface area contributed by atoms with Crippen molar-refractivity contribution in [1.82, 2.24) is 10.6 Å². The van der Waals surface area contributed by atoms with Crippen LogP contribution < -0.4 is 15.5 Å². The summed E-state index contributed by atoms with van der Waals surface area (Å²) in [6, 6.07) is 19.1. The zero-order chi connectivity index (χ0) is 17.5. The number of hydrogen-bond acceptors (Lipinski definition) is 2. The lowest BCUT2D eigenvalue weighted by molar-refractivity contribution is 0.240. The molecule has 4 nitrogen and oxygen atoms in total. The van der Waals surface area contributed by atoms with Crippen molar-refractivity contribution in [3.63, 3.8) is 0 Å². The first-order chi connectivity index (χ1) is 12.2. The van der Waals surface area contributed by atoms with E-state index in [2.05, 4.69) is 58.9 Å². The molecule has 2 aromatic rings. The van der Waals surface area contributed by atoms with E-state index in [1.165, 1.54) is 16.8 Å². The van der Waals surface area contributed by atoms with Crippen LogP contribution in [0.15, 0.2) is 54.6 Å². The number of nitrogens with zero attached hydrogens (tertiary/aromatic N) is 1. The van der Waals surface area contributed by atoms with Crippen LogP contribution in [-0.4, -0.2) is 31.7 Å². The molecule has 0 radical (unpaired) electrons. The van der Waals surface area contributed by atoms with Gasteiger partial charge in [0.25, 0.3) is 0 Å². The summed E-state index contributed by atoms with van der Waals surface area (Å²) in [4.78, 5) is 14.4. The van der Waals surface area contributed by atoms with Crippen LogP contribution in [0.2, 0.25) is 0 Å². The highest BCUT2D eigenvalue weighted by molar-refractivity contribution is 5.74. The first-order valence-electron chi connectivity index (χ1n) is 9.14. The van der Waals surface area contributed by atoms with Crippen LogP contribution in [0.3, 0.4) is 0 Å². The third-order valence-corrected chi connectivity index (χ3v) is 4.78. The Morgan fingerprint density at radius 2 is 1.84 bits per heavy atom. The first-order valence-corrected chi connectivity index (χ1v) is 9.14. The Labute approximate surface area is 150 Å². The molecule has 1 unspecified atom stereocenters. The fraction of sp³-hybridized carbons (Fsp3) is 0.381. The third kappa shape index (κ3) is 4.75. The minimum absolute atomic E-state index is 0.0765. The predicted molar refractivity (Wildman–Crippen MR) is 103 cm³/mol. The highest BCUT2D eigenvalue weighted by Crippen LogP contribution is 2.28. The van der Waals surface area contributed by atoms with Crippen molar-refractivity contribution < 1.29 is 4.79 Å². The number of urea groups is 1. The Hall–Kier alpha value is -2.49. The Balaban J connectivity index is 1.35. The van der Waals surface area contributed by atoms with Crippen molar-refractivity contribution in [3.05, 3.63) is 65.7 Å². The molecule has 25 heavy (non-hydrogen) atoms. The Kier molecular flexibility index (Phi) is 5.94. The molecule has 4 heteroatoms. The van der Waals surface area contributed by atoms with Crippen LogP contribution in [0.1, 0.15) is 24.5 Å². The number of carbonyl (C=O) groups is 1. The van der Waals surface area contributed by atoms with Gasteiger partial charge >= 0.3 is 6.03 Å². The zero-order valence-corrected chi connectivity index (χ0v) is 14.9. The van der Waals surface area contributed by atoms with Crippen LogP contribution >= 0.6 is 0 Å². The molecule has 0 aliphatic carbocycles. The van der Waals surface area contributed by atoms with Gasteiger partial charge in [-0.3, -0.25) is 0 Å². The molecule has 0 saturated carbocycles. The van der Waals surface area contributed by atoms with E-state index in [9.17, 15) is 4.79 Å². The van der Waals surface area contributed by atoms with Crippen molar-refractivity contribution >= 4 is 11.7 Å². The molecule has 2 N–H and O–H groups in total. The smallest absolute Gasteiger partial charge is 0.314 e. The highest BCUT2D eigenvalue weighted by atomic mass is 16.2. The minimum Gasteiger partial charge on any atom is -0.366 e. The molecular formula is C21H27N3O. The van der Waals surface area contributed by atoms with E-state index in [1.54, 1.807) is 0 Å². The summed E-state index contributed by atoms with van der Waals surface area (Å²) in [5, 5.41) is 5.95. The average Bonchev–Trinajstić information content (AvgIpc) is 3.08. The quantitative estimate of drug-likeness (QED) is 0.761. The summed E-state index contributed by atoms with van der Waals surface area (Å²) in [5.74, 6) is 0. The van der Waals surface area contributed by atoms with E-state index < -0.39 is 0 Å². The van der Waals surface area contributed by atoms with Gasteiger partial charge in [-0.15, -0.1) is 0 Å². The van der Waals surface area contributed by atoms with E-state index in [0.717, 1.165) is 25.8 Å². The fourth-order valence-electron chi connectivity index (χ4n) is 3.37. The van der Waals surface area contributed by atoms with Crippen molar-refractivity contribution in [2.75, 3.05) is 24.5 Å². The molecule has 0 bridgehead atoms. The van der Waals surface area contributed by atoms with Gasteiger partial charge in [-0.1, -0.05) is 48.5 Å². The maximum absolute atomic E-state index is 12.0. The largest absolute Gasteiger partial charge is 0.366 e. The lowest BCUT2D eigenvalue weighted by atomic mass is 10.1.